The zero-order valence-corrected chi connectivity index (χ0v) is 13.4. The topological polar surface area (TPSA) is 20.3 Å². The Morgan fingerprint density at radius 1 is 1.32 bits per heavy atom. The normalized spacial score (nSPS) is 11.8. The van der Waals surface area contributed by atoms with E-state index in [4.69, 9.17) is 0 Å². The van der Waals surface area contributed by atoms with Crippen LogP contribution in [0, 0.1) is 0 Å². The summed E-state index contributed by atoms with van der Waals surface area (Å²) in [4.78, 5) is 13.0. The summed E-state index contributed by atoms with van der Waals surface area (Å²) in [6.45, 7) is 1.84. The van der Waals surface area contributed by atoms with E-state index in [1.54, 1.807) is 26.0 Å². The first-order chi connectivity index (χ1) is 8.61. The number of carbonyl (C=O) groups is 1. The molecule has 0 saturated heterocycles. The standard InChI is InChI=1S/C12H12Br2F3NO/c1-7(2)18(6-12(15,16)17)11(19)9-5-8(13)3-4-10(9)14/h3-5,7H,6H2,1-2H3. The van der Waals surface area contributed by atoms with E-state index in [0.29, 0.717) is 8.95 Å². The van der Waals surface area contributed by atoms with Gasteiger partial charge in [-0.3, -0.25) is 4.79 Å². The zero-order valence-electron chi connectivity index (χ0n) is 10.3. The summed E-state index contributed by atoms with van der Waals surface area (Å²) in [6, 6.07) is 4.27. The number of hydrogen-bond acceptors (Lipinski definition) is 1. The maximum absolute atomic E-state index is 12.5. The minimum atomic E-state index is -4.42. The van der Waals surface area contributed by atoms with Gasteiger partial charge in [-0.15, -0.1) is 0 Å². The van der Waals surface area contributed by atoms with Gasteiger partial charge in [0, 0.05) is 15.0 Å². The number of carbonyl (C=O) groups excluding carboxylic acids is 1. The van der Waals surface area contributed by atoms with Gasteiger partial charge in [0.05, 0.1) is 5.56 Å². The summed E-state index contributed by atoms with van der Waals surface area (Å²) in [5, 5.41) is 0. The zero-order chi connectivity index (χ0) is 14.8. The first-order valence-electron chi connectivity index (χ1n) is 5.44. The van der Waals surface area contributed by atoms with Crippen molar-refractivity contribution in [2.75, 3.05) is 6.54 Å². The number of benzene rings is 1. The van der Waals surface area contributed by atoms with Gasteiger partial charge in [0.15, 0.2) is 0 Å². The van der Waals surface area contributed by atoms with Crippen LogP contribution in [0.3, 0.4) is 0 Å². The Kier molecular flexibility index (Phi) is 5.43. The summed E-state index contributed by atoms with van der Waals surface area (Å²) in [5.74, 6) is -0.652. The molecule has 1 aromatic carbocycles. The summed E-state index contributed by atoms with van der Waals surface area (Å²) < 4.78 is 38.6. The molecule has 19 heavy (non-hydrogen) atoms. The van der Waals surface area contributed by atoms with Crippen molar-refractivity contribution in [2.24, 2.45) is 0 Å². The van der Waals surface area contributed by atoms with Crippen LogP contribution in [0.2, 0.25) is 0 Å². The van der Waals surface area contributed by atoms with Gasteiger partial charge in [0.2, 0.25) is 0 Å². The lowest BCUT2D eigenvalue weighted by atomic mass is 10.1. The molecule has 0 unspecified atom stereocenters. The Morgan fingerprint density at radius 2 is 1.89 bits per heavy atom. The molecule has 106 valence electrons. The van der Waals surface area contributed by atoms with E-state index in [2.05, 4.69) is 31.9 Å². The molecule has 0 heterocycles. The maximum atomic E-state index is 12.5. The molecule has 0 spiro atoms. The highest BCUT2D eigenvalue weighted by molar-refractivity contribution is 9.11. The lowest BCUT2D eigenvalue weighted by Gasteiger charge is -2.28. The second-order valence-electron chi connectivity index (χ2n) is 4.27. The van der Waals surface area contributed by atoms with Crippen molar-refractivity contribution in [2.45, 2.75) is 26.1 Å². The molecule has 0 radical (unpaired) electrons. The Balaban J connectivity index is 3.09. The predicted molar refractivity (Wildman–Crippen MR) is 74.1 cm³/mol. The van der Waals surface area contributed by atoms with Crippen molar-refractivity contribution in [3.8, 4) is 0 Å². The van der Waals surface area contributed by atoms with E-state index in [9.17, 15) is 18.0 Å². The second kappa shape index (κ2) is 6.26. The van der Waals surface area contributed by atoms with Crippen molar-refractivity contribution in [1.82, 2.24) is 4.90 Å². The molecule has 0 N–H and O–H groups in total. The molecule has 0 atom stereocenters. The van der Waals surface area contributed by atoms with E-state index < -0.39 is 24.7 Å². The maximum Gasteiger partial charge on any atom is 0.406 e. The largest absolute Gasteiger partial charge is 0.406 e. The van der Waals surface area contributed by atoms with Gasteiger partial charge in [-0.2, -0.15) is 13.2 Å². The third-order valence-electron chi connectivity index (χ3n) is 2.39. The lowest BCUT2D eigenvalue weighted by molar-refractivity contribution is -0.143. The van der Waals surface area contributed by atoms with E-state index in [1.807, 2.05) is 0 Å². The third kappa shape index (κ3) is 4.80. The molecule has 0 aliphatic heterocycles. The van der Waals surface area contributed by atoms with E-state index in [0.717, 1.165) is 4.90 Å². The van der Waals surface area contributed by atoms with Crippen LogP contribution >= 0.6 is 31.9 Å². The summed E-state index contributed by atoms with van der Waals surface area (Å²) in [7, 11) is 0. The summed E-state index contributed by atoms with van der Waals surface area (Å²) in [5.41, 5.74) is 0.201. The quantitative estimate of drug-likeness (QED) is 0.722. The Hall–Kier alpha value is -0.560. The van der Waals surface area contributed by atoms with Gasteiger partial charge in [0.1, 0.15) is 6.54 Å². The lowest BCUT2D eigenvalue weighted by Crippen LogP contribution is -2.43. The van der Waals surface area contributed by atoms with Crippen LogP contribution < -0.4 is 0 Å². The van der Waals surface area contributed by atoms with Crippen molar-refractivity contribution < 1.29 is 18.0 Å². The van der Waals surface area contributed by atoms with Gasteiger partial charge in [0.25, 0.3) is 5.91 Å². The monoisotopic (exact) mass is 401 g/mol. The first-order valence-corrected chi connectivity index (χ1v) is 7.03. The van der Waals surface area contributed by atoms with Gasteiger partial charge >= 0.3 is 6.18 Å². The molecule has 0 bridgehead atoms. The molecular weight excluding hydrogens is 391 g/mol. The van der Waals surface area contributed by atoms with Crippen LogP contribution in [0.25, 0.3) is 0 Å². The van der Waals surface area contributed by atoms with Crippen molar-refractivity contribution in [3.05, 3.63) is 32.7 Å². The SMILES string of the molecule is CC(C)N(CC(F)(F)F)C(=O)c1cc(Br)ccc1Br. The van der Waals surface area contributed by atoms with E-state index in [1.165, 1.54) is 6.07 Å². The average molecular weight is 403 g/mol. The fraction of sp³-hybridized carbons (Fsp3) is 0.417. The molecule has 0 aromatic heterocycles. The molecule has 1 amide bonds. The number of nitrogens with zero attached hydrogens (tertiary/aromatic N) is 1. The number of hydrogen-bond donors (Lipinski definition) is 0. The highest BCUT2D eigenvalue weighted by Gasteiger charge is 2.35. The van der Waals surface area contributed by atoms with Gasteiger partial charge < -0.3 is 4.90 Å². The Bertz CT molecular complexity index is 475. The van der Waals surface area contributed by atoms with Crippen molar-refractivity contribution in [1.29, 1.82) is 0 Å². The van der Waals surface area contributed by atoms with Crippen molar-refractivity contribution >= 4 is 37.8 Å². The fourth-order valence-electron chi connectivity index (χ4n) is 1.50. The molecule has 7 heteroatoms. The summed E-state index contributed by atoms with van der Waals surface area (Å²) >= 11 is 6.38. The minimum absolute atomic E-state index is 0.201. The van der Waals surface area contributed by atoms with E-state index >= 15 is 0 Å². The number of alkyl halides is 3. The van der Waals surface area contributed by atoms with Gasteiger partial charge in [-0.05, 0) is 48.0 Å². The van der Waals surface area contributed by atoms with Crippen LogP contribution in [0.1, 0.15) is 24.2 Å². The van der Waals surface area contributed by atoms with Crippen LogP contribution in [0.15, 0.2) is 27.1 Å². The minimum Gasteiger partial charge on any atom is -0.327 e. The molecule has 1 rings (SSSR count). The fourth-order valence-corrected chi connectivity index (χ4v) is 2.28. The molecule has 0 aliphatic carbocycles. The average Bonchev–Trinajstić information content (AvgIpc) is 2.27. The molecule has 0 saturated carbocycles. The van der Waals surface area contributed by atoms with Crippen LogP contribution in [-0.2, 0) is 0 Å². The smallest absolute Gasteiger partial charge is 0.327 e. The number of rotatable bonds is 3. The van der Waals surface area contributed by atoms with Gasteiger partial charge in [-0.1, -0.05) is 15.9 Å². The molecule has 2 nitrogen and oxygen atoms in total. The van der Waals surface area contributed by atoms with E-state index in [-0.39, 0.29) is 5.56 Å². The molecular formula is C12H12Br2F3NO. The first kappa shape index (κ1) is 16.5. The number of halogens is 5. The highest BCUT2D eigenvalue weighted by atomic mass is 79.9. The van der Waals surface area contributed by atoms with Crippen molar-refractivity contribution in [3.63, 3.8) is 0 Å². The summed E-state index contributed by atoms with van der Waals surface area (Å²) in [6.07, 6.45) is -4.42. The van der Waals surface area contributed by atoms with Crippen LogP contribution in [-0.4, -0.2) is 29.6 Å². The van der Waals surface area contributed by atoms with Crippen LogP contribution in [0.4, 0.5) is 13.2 Å². The molecule has 0 aliphatic rings. The highest BCUT2D eigenvalue weighted by Crippen LogP contribution is 2.25. The Morgan fingerprint density at radius 3 is 2.37 bits per heavy atom. The Labute approximate surface area is 126 Å². The third-order valence-corrected chi connectivity index (χ3v) is 3.58. The van der Waals surface area contributed by atoms with Gasteiger partial charge in [-0.25, -0.2) is 0 Å². The molecule has 1 aromatic rings. The second-order valence-corrected chi connectivity index (χ2v) is 6.04. The van der Waals surface area contributed by atoms with Crippen LogP contribution in [0.5, 0.6) is 0 Å². The predicted octanol–water partition coefficient (Wildman–Crippen LogP) is 4.62. The molecule has 0 fully saturated rings. The number of amides is 1.